The van der Waals surface area contributed by atoms with Crippen molar-refractivity contribution in [2.45, 2.75) is 13.8 Å². The molecular formula is C8H10BiN2O9S2. The summed E-state index contributed by atoms with van der Waals surface area (Å²) in [5, 5.41) is 20.8. The van der Waals surface area contributed by atoms with Crippen molar-refractivity contribution in [2.75, 3.05) is 0 Å². The second-order valence-corrected chi connectivity index (χ2v) is 5.80. The first-order valence-electron chi connectivity index (χ1n) is 4.78. The van der Waals surface area contributed by atoms with E-state index >= 15 is 0 Å². The van der Waals surface area contributed by atoms with Crippen LogP contribution < -0.4 is 10.2 Å². The van der Waals surface area contributed by atoms with Gasteiger partial charge >= 0.3 is 46.8 Å². The third-order valence-corrected chi connectivity index (χ3v) is 3.28. The molecule has 123 valence electrons. The minimum Gasteiger partial charge on any atom is -0.858 e. The number of hydrogen-bond donors (Lipinski definition) is 0. The molecule has 0 saturated heterocycles. The average Bonchev–Trinajstić information content (AvgIpc) is 2.08. The second kappa shape index (κ2) is 8.41. The third kappa shape index (κ3) is 8.27. The summed E-state index contributed by atoms with van der Waals surface area (Å²) in [5.74, 6) is -1.52. The molecule has 2 aliphatic rings. The maximum atomic E-state index is 10.4. The van der Waals surface area contributed by atoms with Crippen molar-refractivity contribution in [2.24, 2.45) is 8.80 Å². The molecule has 2 N–H and O–H groups in total. The zero-order chi connectivity index (χ0) is 15.6. The van der Waals surface area contributed by atoms with Crippen molar-refractivity contribution in [1.29, 1.82) is 0 Å². The van der Waals surface area contributed by atoms with E-state index in [4.69, 9.17) is 0 Å². The molecule has 2 rings (SSSR count). The zero-order valence-electron chi connectivity index (χ0n) is 11.1. The van der Waals surface area contributed by atoms with Crippen LogP contribution in [-0.2, 0) is 29.0 Å². The van der Waals surface area contributed by atoms with Gasteiger partial charge in [0.25, 0.3) is 0 Å². The van der Waals surface area contributed by atoms with Gasteiger partial charge in [-0.3, -0.25) is 0 Å². The first-order valence-corrected chi connectivity index (χ1v) is 7.51. The van der Waals surface area contributed by atoms with Gasteiger partial charge in [0.05, 0.1) is 0 Å². The molecule has 11 nitrogen and oxygen atoms in total. The third-order valence-electron chi connectivity index (χ3n) is 1.53. The molecule has 0 aromatic rings. The van der Waals surface area contributed by atoms with Gasteiger partial charge < -0.3 is 24.1 Å². The van der Waals surface area contributed by atoms with E-state index < -0.39 is 32.4 Å². The molecule has 0 atom stereocenters. The fraction of sp³-hybridized carbons (Fsp3) is 0.250. The van der Waals surface area contributed by atoms with Crippen molar-refractivity contribution >= 4 is 58.6 Å². The molecule has 0 spiro atoms. The monoisotopic (exact) mass is 551 g/mol. The van der Waals surface area contributed by atoms with Crippen LogP contribution >= 0.6 is 0 Å². The Hall–Kier alpha value is -1.24. The summed E-state index contributed by atoms with van der Waals surface area (Å²) in [6.45, 7) is 2.73. The Labute approximate surface area is 145 Å². The fourth-order valence-corrected chi connectivity index (χ4v) is 2.42. The number of nitrogens with zero attached hydrogens (tertiary/aromatic N) is 2. The molecule has 22 heavy (non-hydrogen) atoms. The Kier molecular flexibility index (Phi) is 8.81. The summed E-state index contributed by atoms with van der Waals surface area (Å²) in [6, 6.07) is 0. The Bertz CT molecular complexity index is 670. The Balaban J connectivity index is 0. The first kappa shape index (κ1) is 23.0. The zero-order valence-corrected chi connectivity index (χ0v) is 16.2. The smallest absolute Gasteiger partial charge is 0.858 e. The van der Waals surface area contributed by atoms with E-state index in [-0.39, 0.29) is 43.2 Å². The Morgan fingerprint density at radius 1 is 0.864 bits per heavy atom. The van der Waals surface area contributed by atoms with Crippen LogP contribution in [0.4, 0.5) is 0 Å². The van der Waals surface area contributed by atoms with Crippen LogP contribution in [0.2, 0.25) is 0 Å². The van der Waals surface area contributed by atoms with Gasteiger partial charge in [-0.25, -0.2) is 0 Å². The van der Waals surface area contributed by atoms with Crippen molar-refractivity contribution in [3.05, 3.63) is 23.7 Å². The number of allylic oxidation sites excluding steroid dienone is 2. The number of hydrogen-bond acceptors (Lipinski definition) is 8. The van der Waals surface area contributed by atoms with Crippen molar-refractivity contribution < 1.29 is 40.9 Å². The molecule has 0 bridgehead atoms. The van der Waals surface area contributed by atoms with Crippen LogP contribution in [0, 0.1) is 0 Å². The van der Waals surface area contributed by atoms with Gasteiger partial charge in [-0.2, -0.15) is 16.8 Å². The Morgan fingerprint density at radius 3 is 1.32 bits per heavy atom. The summed E-state index contributed by atoms with van der Waals surface area (Å²) in [5.41, 5.74) is 0. The largest absolute Gasteiger partial charge is 2.00 e. The molecule has 0 aliphatic carbocycles. The molecular weight excluding hydrogens is 541 g/mol. The van der Waals surface area contributed by atoms with Crippen LogP contribution in [-0.4, -0.2) is 60.3 Å². The van der Waals surface area contributed by atoms with Crippen LogP contribution in [0.15, 0.2) is 32.5 Å². The van der Waals surface area contributed by atoms with E-state index in [0.717, 1.165) is 12.2 Å². The average molecular weight is 551 g/mol. The molecule has 14 heteroatoms. The summed E-state index contributed by atoms with van der Waals surface area (Å²) < 4.78 is 55.5. The first-order chi connectivity index (χ1) is 8.99. The van der Waals surface area contributed by atoms with E-state index in [2.05, 4.69) is 17.2 Å². The summed E-state index contributed by atoms with van der Waals surface area (Å²) in [6.07, 6.45) is 2.00. The molecule has 0 aromatic carbocycles. The van der Waals surface area contributed by atoms with Gasteiger partial charge in [-0.1, -0.05) is 0 Å². The standard InChI is InChI=1S/2C4H5NO4S.Bi.H2O/c2*1-3-2-4(6)5-10(7,8)9-3;;/h2*2H,1H3,(H,5,6);;1H2/q;;+2;/p-2. The molecule has 0 aromatic heterocycles. The quantitative estimate of drug-likeness (QED) is 0.279. The molecule has 2 aliphatic heterocycles. The van der Waals surface area contributed by atoms with Crippen LogP contribution in [0.5, 0.6) is 0 Å². The van der Waals surface area contributed by atoms with Crippen LogP contribution in [0.3, 0.4) is 0 Å². The second-order valence-electron chi connectivity index (χ2n) is 3.39. The van der Waals surface area contributed by atoms with Crippen molar-refractivity contribution in [3.8, 4) is 0 Å². The van der Waals surface area contributed by atoms with Crippen LogP contribution in [0.25, 0.3) is 0 Å². The van der Waals surface area contributed by atoms with Gasteiger partial charge in [0.1, 0.15) is 11.5 Å². The van der Waals surface area contributed by atoms with E-state index in [9.17, 15) is 27.0 Å². The van der Waals surface area contributed by atoms with E-state index in [0.29, 0.717) is 0 Å². The van der Waals surface area contributed by atoms with Crippen molar-refractivity contribution in [1.82, 2.24) is 0 Å². The normalized spacial score (nSPS) is 20.5. The molecule has 0 amide bonds. The summed E-state index contributed by atoms with van der Waals surface area (Å²) in [4.78, 5) is 0. The molecule has 3 radical (unpaired) electrons. The van der Waals surface area contributed by atoms with Gasteiger partial charge in [-0.15, -0.1) is 8.80 Å². The van der Waals surface area contributed by atoms with Gasteiger partial charge in [-0.05, 0) is 26.0 Å². The minimum absolute atomic E-state index is 0. The predicted octanol–water partition coefficient (Wildman–Crippen LogP) is -3.36. The van der Waals surface area contributed by atoms with Gasteiger partial charge in [0, 0.05) is 11.8 Å². The Morgan fingerprint density at radius 2 is 1.14 bits per heavy atom. The molecule has 0 saturated carbocycles. The van der Waals surface area contributed by atoms with E-state index in [1.165, 1.54) is 13.8 Å². The van der Waals surface area contributed by atoms with Gasteiger partial charge in [0.15, 0.2) is 0 Å². The van der Waals surface area contributed by atoms with E-state index in [1.54, 1.807) is 0 Å². The minimum atomic E-state index is -3.97. The fourth-order valence-electron chi connectivity index (χ4n) is 1.04. The van der Waals surface area contributed by atoms with Crippen molar-refractivity contribution in [3.63, 3.8) is 0 Å². The van der Waals surface area contributed by atoms with Gasteiger partial charge in [0.2, 0.25) is 0 Å². The SMILES string of the molecule is CC1=CC([O-])=NS(=O)(=O)O1.CC1=CC([O-])=NS(=O)(=O)O1.O.[Bi+2]. The molecule has 0 unspecified atom stereocenters. The van der Waals surface area contributed by atoms with E-state index in [1.807, 2.05) is 0 Å². The maximum Gasteiger partial charge on any atom is 2.00 e. The maximum absolute atomic E-state index is 10.4. The predicted molar refractivity (Wildman–Crippen MR) is 71.8 cm³/mol. The number of rotatable bonds is 0. The summed E-state index contributed by atoms with van der Waals surface area (Å²) in [7, 11) is -7.95. The molecule has 0 fully saturated rings. The van der Waals surface area contributed by atoms with Crippen LogP contribution in [0.1, 0.15) is 13.8 Å². The molecule has 2 heterocycles. The summed E-state index contributed by atoms with van der Waals surface area (Å²) >= 11 is 0. The topological polar surface area (TPSA) is 189 Å².